The minimum atomic E-state index is 0.0981. The fourth-order valence-corrected chi connectivity index (χ4v) is 2.15. The lowest BCUT2D eigenvalue weighted by atomic mass is 10.3. The van der Waals surface area contributed by atoms with Crippen molar-refractivity contribution in [2.24, 2.45) is 0 Å². The summed E-state index contributed by atoms with van der Waals surface area (Å²) in [5.74, 6) is 0.196. The van der Waals surface area contributed by atoms with Crippen molar-refractivity contribution in [1.82, 2.24) is 20.4 Å². The normalized spacial score (nSPS) is 16.9. The lowest BCUT2D eigenvalue weighted by Gasteiger charge is -2.33. The summed E-state index contributed by atoms with van der Waals surface area (Å²) < 4.78 is 0. The molecule has 1 saturated heterocycles. The van der Waals surface area contributed by atoms with Gasteiger partial charge in [-0.1, -0.05) is 13.8 Å². The topological polar surface area (TPSA) is 64.7 Å². The van der Waals surface area contributed by atoms with Crippen LogP contribution in [0.3, 0.4) is 0 Å². The molecule has 116 valence electrons. The zero-order valence-electron chi connectivity index (χ0n) is 12.8. The third-order valence-corrected chi connectivity index (χ3v) is 3.34. The standard InChI is InChI=1S/C14H28N4O2/c1-3-5-15-13(19)11-17-7-9-18(10-8-17)12-14(20)16-6-4-2/h3-12H2,1-2H3,(H,15,19)(H,16,20). The highest BCUT2D eigenvalue weighted by Crippen LogP contribution is 2.00. The van der Waals surface area contributed by atoms with Crippen LogP contribution in [-0.4, -0.2) is 74.0 Å². The summed E-state index contributed by atoms with van der Waals surface area (Å²) in [5, 5.41) is 5.78. The first-order valence-corrected chi connectivity index (χ1v) is 7.63. The third kappa shape index (κ3) is 6.86. The van der Waals surface area contributed by atoms with Gasteiger partial charge < -0.3 is 10.6 Å². The molecule has 0 unspecified atom stereocenters. The van der Waals surface area contributed by atoms with Crippen LogP contribution in [0.1, 0.15) is 26.7 Å². The van der Waals surface area contributed by atoms with Crippen molar-refractivity contribution < 1.29 is 9.59 Å². The molecule has 0 aromatic heterocycles. The molecule has 1 heterocycles. The first-order valence-electron chi connectivity index (χ1n) is 7.63. The van der Waals surface area contributed by atoms with E-state index in [1.807, 2.05) is 13.8 Å². The van der Waals surface area contributed by atoms with Crippen LogP contribution in [0, 0.1) is 0 Å². The van der Waals surface area contributed by atoms with E-state index < -0.39 is 0 Å². The monoisotopic (exact) mass is 284 g/mol. The van der Waals surface area contributed by atoms with Gasteiger partial charge in [0.05, 0.1) is 13.1 Å². The number of nitrogens with one attached hydrogen (secondary N) is 2. The average molecular weight is 284 g/mol. The Morgan fingerprint density at radius 2 is 1.15 bits per heavy atom. The van der Waals surface area contributed by atoms with Gasteiger partial charge >= 0.3 is 0 Å². The summed E-state index contributed by atoms with van der Waals surface area (Å²) in [6.45, 7) is 9.91. The first-order chi connectivity index (χ1) is 9.65. The van der Waals surface area contributed by atoms with E-state index in [-0.39, 0.29) is 11.8 Å². The molecule has 0 atom stereocenters. The largest absolute Gasteiger partial charge is 0.355 e. The second-order valence-corrected chi connectivity index (χ2v) is 5.25. The Labute approximate surface area is 121 Å². The van der Waals surface area contributed by atoms with Gasteiger partial charge in [0.15, 0.2) is 0 Å². The van der Waals surface area contributed by atoms with E-state index in [4.69, 9.17) is 0 Å². The summed E-state index contributed by atoms with van der Waals surface area (Å²) in [5.41, 5.74) is 0. The van der Waals surface area contributed by atoms with E-state index in [1.165, 1.54) is 0 Å². The van der Waals surface area contributed by atoms with Crippen molar-refractivity contribution >= 4 is 11.8 Å². The summed E-state index contributed by atoms with van der Waals surface area (Å²) >= 11 is 0. The number of hydrogen-bond acceptors (Lipinski definition) is 4. The predicted octanol–water partition coefficient (Wildman–Crippen LogP) is -0.344. The molecule has 1 rings (SSSR count). The summed E-state index contributed by atoms with van der Waals surface area (Å²) in [4.78, 5) is 27.5. The lowest BCUT2D eigenvalue weighted by molar-refractivity contribution is -0.125. The van der Waals surface area contributed by atoms with E-state index in [1.54, 1.807) is 0 Å². The van der Waals surface area contributed by atoms with Crippen molar-refractivity contribution in [3.05, 3.63) is 0 Å². The number of carbonyl (C=O) groups is 2. The van der Waals surface area contributed by atoms with Crippen LogP contribution < -0.4 is 10.6 Å². The molecule has 2 amide bonds. The molecule has 0 spiro atoms. The molecule has 1 aliphatic rings. The molecule has 0 saturated carbocycles. The average Bonchev–Trinajstić information content (AvgIpc) is 2.45. The smallest absolute Gasteiger partial charge is 0.234 e. The van der Waals surface area contributed by atoms with Gasteiger partial charge in [-0.3, -0.25) is 19.4 Å². The Balaban J connectivity index is 2.16. The fourth-order valence-electron chi connectivity index (χ4n) is 2.15. The Morgan fingerprint density at radius 1 is 0.800 bits per heavy atom. The van der Waals surface area contributed by atoms with Crippen molar-refractivity contribution in [3.8, 4) is 0 Å². The Kier molecular flexibility index (Phi) is 8.22. The maximum atomic E-state index is 11.6. The number of nitrogens with zero attached hydrogens (tertiary/aromatic N) is 2. The van der Waals surface area contributed by atoms with Crippen LogP contribution in [0.15, 0.2) is 0 Å². The second kappa shape index (κ2) is 9.72. The molecular weight excluding hydrogens is 256 g/mol. The van der Waals surface area contributed by atoms with Crippen LogP contribution in [-0.2, 0) is 9.59 Å². The zero-order valence-corrected chi connectivity index (χ0v) is 12.8. The Bertz CT molecular complexity index is 272. The first kappa shape index (κ1) is 16.9. The molecule has 6 heteroatoms. The summed E-state index contributed by atoms with van der Waals surface area (Å²) in [6.07, 6.45) is 1.93. The van der Waals surface area contributed by atoms with Crippen LogP contribution in [0.25, 0.3) is 0 Å². The molecule has 0 bridgehead atoms. The molecule has 20 heavy (non-hydrogen) atoms. The second-order valence-electron chi connectivity index (χ2n) is 5.25. The van der Waals surface area contributed by atoms with E-state index in [9.17, 15) is 9.59 Å². The van der Waals surface area contributed by atoms with Gasteiger partial charge in [0.2, 0.25) is 11.8 Å². The van der Waals surface area contributed by atoms with Gasteiger partial charge in [0.25, 0.3) is 0 Å². The maximum absolute atomic E-state index is 11.6. The van der Waals surface area contributed by atoms with E-state index in [0.29, 0.717) is 13.1 Å². The molecule has 0 aliphatic carbocycles. The molecule has 0 aromatic rings. The Morgan fingerprint density at radius 3 is 1.45 bits per heavy atom. The number of rotatable bonds is 8. The SMILES string of the molecule is CCCNC(=O)CN1CCN(CC(=O)NCCC)CC1. The van der Waals surface area contributed by atoms with Crippen LogP contribution >= 0.6 is 0 Å². The molecule has 1 aliphatic heterocycles. The number of hydrogen-bond donors (Lipinski definition) is 2. The molecule has 0 radical (unpaired) electrons. The molecular formula is C14H28N4O2. The van der Waals surface area contributed by atoms with Crippen LogP contribution in [0.5, 0.6) is 0 Å². The van der Waals surface area contributed by atoms with Gasteiger partial charge in [0, 0.05) is 39.3 Å². The summed E-state index contributed by atoms with van der Waals surface area (Å²) in [6, 6.07) is 0. The van der Waals surface area contributed by atoms with E-state index in [2.05, 4.69) is 20.4 Å². The van der Waals surface area contributed by atoms with Gasteiger partial charge in [-0.05, 0) is 12.8 Å². The van der Waals surface area contributed by atoms with Gasteiger partial charge in [-0.15, -0.1) is 0 Å². The van der Waals surface area contributed by atoms with Crippen LogP contribution in [0.2, 0.25) is 0 Å². The molecule has 1 fully saturated rings. The van der Waals surface area contributed by atoms with Crippen LogP contribution in [0.4, 0.5) is 0 Å². The van der Waals surface area contributed by atoms with E-state index in [0.717, 1.165) is 52.1 Å². The highest BCUT2D eigenvalue weighted by atomic mass is 16.2. The summed E-state index contributed by atoms with van der Waals surface area (Å²) in [7, 11) is 0. The third-order valence-electron chi connectivity index (χ3n) is 3.34. The molecule has 6 nitrogen and oxygen atoms in total. The maximum Gasteiger partial charge on any atom is 0.234 e. The van der Waals surface area contributed by atoms with Crippen molar-refractivity contribution in [1.29, 1.82) is 0 Å². The zero-order chi connectivity index (χ0) is 14.8. The number of piperazine rings is 1. The highest BCUT2D eigenvalue weighted by Gasteiger charge is 2.20. The number of amides is 2. The molecule has 2 N–H and O–H groups in total. The minimum Gasteiger partial charge on any atom is -0.355 e. The van der Waals surface area contributed by atoms with Crippen molar-refractivity contribution in [2.45, 2.75) is 26.7 Å². The minimum absolute atomic E-state index is 0.0981. The van der Waals surface area contributed by atoms with Crippen molar-refractivity contribution in [2.75, 3.05) is 52.4 Å². The molecule has 0 aromatic carbocycles. The van der Waals surface area contributed by atoms with Crippen molar-refractivity contribution in [3.63, 3.8) is 0 Å². The van der Waals surface area contributed by atoms with Gasteiger partial charge in [-0.2, -0.15) is 0 Å². The Hall–Kier alpha value is -1.14. The quantitative estimate of drug-likeness (QED) is 0.640. The van der Waals surface area contributed by atoms with E-state index >= 15 is 0 Å². The predicted molar refractivity (Wildman–Crippen MR) is 79.5 cm³/mol. The highest BCUT2D eigenvalue weighted by molar-refractivity contribution is 5.78. The number of carbonyl (C=O) groups excluding carboxylic acids is 2. The fraction of sp³-hybridized carbons (Fsp3) is 0.857. The lowest BCUT2D eigenvalue weighted by Crippen LogP contribution is -2.51. The van der Waals surface area contributed by atoms with Gasteiger partial charge in [0.1, 0.15) is 0 Å². The van der Waals surface area contributed by atoms with Gasteiger partial charge in [-0.25, -0.2) is 0 Å².